The molecule has 0 spiro atoms. The van der Waals surface area contributed by atoms with Gasteiger partial charge in [0, 0.05) is 6.04 Å². The van der Waals surface area contributed by atoms with E-state index in [1.165, 1.54) is 13.0 Å². The van der Waals surface area contributed by atoms with Gasteiger partial charge in [0.1, 0.15) is 0 Å². The van der Waals surface area contributed by atoms with Gasteiger partial charge >= 0.3 is 0 Å². The number of hydrogen-bond donors (Lipinski definition) is 1. The van der Waals surface area contributed by atoms with Gasteiger partial charge in [0.25, 0.3) is 0 Å². The Kier molecular flexibility index (Phi) is 4.78. The molecule has 1 aliphatic heterocycles. The van der Waals surface area contributed by atoms with Gasteiger partial charge in [-0.15, -0.1) is 0 Å². The Morgan fingerprint density at radius 2 is 1.78 bits per heavy atom. The molecule has 0 amide bonds. The fourth-order valence-electron chi connectivity index (χ4n) is 0.880. The summed E-state index contributed by atoms with van der Waals surface area (Å²) in [6, 6.07) is 0.833. The molecule has 1 nitrogen and oxygen atoms in total. The molecule has 0 aliphatic carbocycles. The van der Waals surface area contributed by atoms with E-state index >= 15 is 0 Å². The topological polar surface area (TPSA) is 12.0 Å². The summed E-state index contributed by atoms with van der Waals surface area (Å²) >= 11 is 0. The van der Waals surface area contributed by atoms with Crippen LogP contribution in [-0.2, 0) is 0 Å². The van der Waals surface area contributed by atoms with Crippen LogP contribution in [0.25, 0.3) is 0 Å². The molecular weight excluding hydrogens is 110 g/mol. The van der Waals surface area contributed by atoms with Gasteiger partial charge in [-0.3, -0.25) is 0 Å². The normalized spacial score (nSPS) is 24.3. The van der Waals surface area contributed by atoms with Gasteiger partial charge in [-0.05, 0) is 18.9 Å². The maximum atomic E-state index is 3.34. The Morgan fingerprint density at radius 3 is 1.78 bits per heavy atom. The molecule has 0 radical (unpaired) electrons. The van der Waals surface area contributed by atoms with Crippen LogP contribution in [0.4, 0.5) is 0 Å². The van der Waals surface area contributed by atoms with Crippen LogP contribution in [0.3, 0.4) is 0 Å². The summed E-state index contributed by atoms with van der Waals surface area (Å²) in [4.78, 5) is 0. The molecule has 1 N–H and O–H groups in total. The second kappa shape index (κ2) is 4.80. The van der Waals surface area contributed by atoms with Gasteiger partial charge in [-0.1, -0.05) is 27.7 Å². The molecular formula is C8H19N. The molecule has 0 bridgehead atoms. The first-order valence-corrected chi connectivity index (χ1v) is 4.04. The van der Waals surface area contributed by atoms with Crippen LogP contribution in [0.5, 0.6) is 0 Å². The van der Waals surface area contributed by atoms with Crippen LogP contribution < -0.4 is 5.32 Å². The minimum Gasteiger partial charge on any atom is -0.314 e. The molecule has 0 aromatic heterocycles. The maximum Gasteiger partial charge on any atom is 0.0102 e. The zero-order valence-corrected chi connectivity index (χ0v) is 7.07. The minimum atomic E-state index is 0.833. The summed E-state index contributed by atoms with van der Waals surface area (Å²) in [6.45, 7) is 9.76. The molecule has 0 saturated carbocycles. The highest BCUT2D eigenvalue weighted by atomic mass is 15.0. The van der Waals surface area contributed by atoms with Crippen molar-refractivity contribution >= 4 is 0 Å². The van der Waals surface area contributed by atoms with Crippen molar-refractivity contribution in [3.8, 4) is 0 Å². The van der Waals surface area contributed by atoms with Gasteiger partial charge in [-0.2, -0.15) is 0 Å². The summed E-state index contributed by atoms with van der Waals surface area (Å²) in [5.74, 6) is 0.841. The van der Waals surface area contributed by atoms with E-state index in [2.05, 4.69) is 19.2 Å². The van der Waals surface area contributed by atoms with E-state index in [9.17, 15) is 0 Å². The zero-order valence-electron chi connectivity index (χ0n) is 7.07. The number of rotatable bonds is 1. The number of hydrogen-bond acceptors (Lipinski definition) is 1. The molecule has 1 heterocycles. The van der Waals surface area contributed by atoms with Crippen molar-refractivity contribution < 1.29 is 0 Å². The predicted molar refractivity (Wildman–Crippen MR) is 42.6 cm³/mol. The van der Waals surface area contributed by atoms with Gasteiger partial charge in [-0.25, -0.2) is 0 Å². The Balaban J connectivity index is 0.000000291. The molecule has 1 heteroatoms. The van der Waals surface area contributed by atoms with E-state index in [1.807, 2.05) is 13.8 Å². The largest absolute Gasteiger partial charge is 0.314 e. The molecule has 1 saturated heterocycles. The summed E-state index contributed by atoms with van der Waals surface area (Å²) in [5.41, 5.74) is 0. The van der Waals surface area contributed by atoms with Gasteiger partial charge in [0.05, 0.1) is 0 Å². The molecule has 0 aromatic rings. The second-order valence-corrected chi connectivity index (χ2v) is 2.59. The first-order chi connectivity index (χ1) is 4.30. The van der Waals surface area contributed by atoms with Gasteiger partial charge in [0.15, 0.2) is 0 Å². The molecule has 1 rings (SSSR count). The van der Waals surface area contributed by atoms with Crippen LogP contribution in [0.15, 0.2) is 0 Å². The van der Waals surface area contributed by atoms with E-state index in [1.54, 1.807) is 0 Å². The first-order valence-electron chi connectivity index (χ1n) is 4.04. The van der Waals surface area contributed by atoms with E-state index in [-0.39, 0.29) is 0 Å². The van der Waals surface area contributed by atoms with Crippen molar-refractivity contribution in [1.29, 1.82) is 0 Å². The van der Waals surface area contributed by atoms with Gasteiger partial charge in [0.2, 0.25) is 0 Å². The Bertz CT molecular complexity index is 55.6. The Labute approximate surface area is 58.8 Å². The van der Waals surface area contributed by atoms with Crippen LogP contribution in [0.2, 0.25) is 0 Å². The molecule has 1 fully saturated rings. The highest BCUT2D eigenvalue weighted by molar-refractivity contribution is 4.79. The summed E-state index contributed by atoms with van der Waals surface area (Å²) in [6.07, 6.45) is 1.39. The van der Waals surface area contributed by atoms with E-state index in [0.717, 1.165) is 12.0 Å². The van der Waals surface area contributed by atoms with E-state index in [4.69, 9.17) is 0 Å². The second-order valence-electron chi connectivity index (χ2n) is 2.59. The van der Waals surface area contributed by atoms with Crippen molar-refractivity contribution in [3.63, 3.8) is 0 Å². The molecule has 56 valence electrons. The molecule has 0 aromatic carbocycles. The highest BCUT2D eigenvalue weighted by Crippen LogP contribution is 2.11. The van der Waals surface area contributed by atoms with Crippen LogP contribution in [0, 0.1) is 5.92 Å². The molecule has 1 atom stereocenters. The third-order valence-corrected chi connectivity index (χ3v) is 1.67. The lowest BCUT2D eigenvalue weighted by Gasteiger charge is -2.30. The van der Waals surface area contributed by atoms with E-state index in [0.29, 0.717) is 0 Å². The minimum absolute atomic E-state index is 0.833. The summed E-state index contributed by atoms with van der Waals surface area (Å²) < 4.78 is 0. The van der Waals surface area contributed by atoms with Crippen LogP contribution >= 0.6 is 0 Å². The van der Waals surface area contributed by atoms with Crippen molar-refractivity contribution in [2.24, 2.45) is 5.92 Å². The summed E-state index contributed by atoms with van der Waals surface area (Å²) in [5, 5.41) is 3.34. The fraction of sp³-hybridized carbons (Fsp3) is 1.00. The van der Waals surface area contributed by atoms with Crippen LogP contribution in [0.1, 0.15) is 34.1 Å². The van der Waals surface area contributed by atoms with Crippen molar-refractivity contribution in [3.05, 3.63) is 0 Å². The monoisotopic (exact) mass is 129 g/mol. The first kappa shape index (κ1) is 8.96. The smallest absolute Gasteiger partial charge is 0.0102 e. The van der Waals surface area contributed by atoms with Crippen molar-refractivity contribution in [2.45, 2.75) is 40.2 Å². The molecule has 9 heavy (non-hydrogen) atoms. The quantitative estimate of drug-likeness (QED) is 0.571. The van der Waals surface area contributed by atoms with Gasteiger partial charge < -0.3 is 5.32 Å². The fourth-order valence-corrected chi connectivity index (χ4v) is 0.880. The maximum absolute atomic E-state index is 3.34. The van der Waals surface area contributed by atoms with Crippen LogP contribution in [-0.4, -0.2) is 12.6 Å². The lowest BCUT2D eigenvalue weighted by molar-refractivity contribution is 0.291. The average molecular weight is 129 g/mol. The lowest BCUT2D eigenvalue weighted by atomic mass is 9.95. The molecule has 1 aliphatic rings. The standard InChI is InChI=1S/C6H13N.C2H6/c1-5(2)6-3-4-7-6;1-2/h5-7H,3-4H2,1-2H3;1-2H3. The average Bonchev–Trinajstić information content (AvgIpc) is 1.65. The lowest BCUT2D eigenvalue weighted by Crippen LogP contribution is -2.46. The van der Waals surface area contributed by atoms with E-state index < -0.39 is 0 Å². The summed E-state index contributed by atoms with van der Waals surface area (Å²) in [7, 11) is 0. The third kappa shape index (κ3) is 2.85. The van der Waals surface area contributed by atoms with Crippen molar-refractivity contribution in [2.75, 3.05) is 6.54 Å². The SMILES string of the molecule is CC.CC(C)C1CCN1. The molecule has 1 unspecified atom stereocenters. The highest BCUT2D eigenvalue weighted by Gasteiger charge is 2.18. The number of nitrogens with one attached hydrogen (secondary N) is 1. The predicted octanol–water partition coefficient (Wildman–Crippen LogP) is 2.03. The Morgan fingerprint density at radius 1 is 1.33 bits per heavy atom. The Hall–Kier alpha value is -0.0400. The van der Waals surface area contributed by atoms with Crippen molar-refractivity contribution in [1.82, 2.24) is 5.32 Å². The zero-order chi connectivity index (χ0) is 7.28. The third-order valence-electron chi connectivity index (χ3n) is 1.67.